The Morgan fingerprint density at radius 1 is 1.00 bits per heavy atom. The molecule has 3 nitrogen and oxygen atoms in total. The summed E-state index contributed by atoms with van der Waals surface area (Å²) in [7, 11) is 0. The van der Waals surface area contributed by atoms with Crippen molar-refractivity contribution in [2.24, 2.45) is 35.3 Å². The maximum absolute atomic E-state index is 9.83. The molecular weight excluding hydrogens is 246 g/mol. The highest BCUT2D eigenvalue weighted by molar-refractivity contribution is 5.17. The number of nitrogens with two attached hydrogens (primary N) is 1. The zero-order valence-electron chi connectivity index (χ0n) is 12.4. The summed E-state index contributed by atoms with van der Waals surface area (Å²) < 4.78 is 0. The second kappa shape index (κ2) is 4.71. The molecule has 5 rings (SSSR count). The van der Waals surface area contributed by atoms with Crippen LogP contribution in [0.5, 0.6) is 0 Å². The van der Waals surface area contributed by atoms with E-state index in [9.17, 15) is 5.26 Å². The van der Waals surface area contributed by atoms with E-state index in [4.69, 9.17) is 5.73 Å². The topological polar surface area (TPSA) is 53.1 Å². The van der Waals surface area contributed by atoms with Crippen molar-refractivity contribution < 1.29 is 0 Å². The SMILES string of the molecule is N#CC(N)(CN1CCCC1)C1C2CC3CC(C2)CC1C3. The molecule has 0 aromatic heterocycles. The Balaban J connectivity index is 1.56. The molecule has 2 N–H and O–H groups in total. The summed E-state index contributed by atoms with van der Waals surface area (Å²) in [5, 5.41) is 9.83. The van der Waals surface area contributed by atoms with Crippen LogP contribution in [0.1, 0.15) is 44.9 Å². The first-order valence-electron chi connectivity index (χ1n) is 8.60. The lowest BCUT2D eigenvalue weighted by Gasteiger charge is -2.58. The van der Waals surface area contributed by atoms with E-state index < -0.39 is 5.54 Å². The highest BCUT2D eigenvalue weighted by Gasteiger charge is 2.55. The van der Waals surface area contributed by atoms with Gasteiger partial charge in [-0.1, -0.05) is 0 Å². The molecular formula is C17H27N3. The van der Waals surface area contributed by atoms with Crippen LogP contribution < -0.4 is 5.73 Å². The molecule has 0 amide bonds. The third kappa shape index (κ3) is 2.00. The van der Waals surface area contributed by atoms with Gasteiger partial charge in [-0.05, 0) is 87.6 Å². The Labute approximate surface area is 122 Å². The van der Waals surface area contributed by atoms with Crippen LogP contribution in [0, 0.1) is 40.9 Å². The van der Waals surface area contributed by atoms with Crippen molar-refractivity contribution in [3.05, 3.63) is 0 Å². The van der Waals surface area contributed by atoms with Gasteiger partial charge in [0.1, 0.15) is 5.54 Å². The monoisotopic (exact) mass is 273 g/mol. The van der Waals surface area contributed by atoms with Crippen molar-refractivity contribution in [2.45, 2.75) is 50.5 Å². The van der Waals surface area contributed by atoms with Gasteiger partial charge in [-0.15, -0.1) is 0 Å². The van der Waals surface area contributed by atoms with E-state index in [1.54, 1.807) is 0 Å². The van der Waals surface area contributed by atoms with E-state index >= 15 is 0 Å². The Morgan fingerprint density at radius 2 is 1.55 bits per heavy atom. The van der Waals surface area contributed by atoms with Crippen LogP contribution in [0.25, 0.3) is 0 Å². The summed E-state index contributed by atoms with van der Waals surface area (Å²) in [6.07, 6.45) is 9.47. The van der Waals surface area contributed by atoms with Crippen LogP contribution in [0.2, 0.25) is 0 Å². The molecule has 1 atom stereocenters. The number of rotatable bonds is 3. The van der Waals surface area contributed by atoms with E-state index in [2.05, 4.69) is 11.0 Å². The predicted octanol–water partition coefficient (Wildman–Crippen LogP) is 2.38. The van der Waals surface area contributed by atoms with Crippen LogP contribution in [0.15, 0.2) is 0 Å². The van der Waals surface area contributed by atoms with Gasteiger partial charge in [0.05, 0.1) is 6.07 Å². The van der Waals surface area contributed by atoms with Crippen molar-refractivity contribution in [1.29, 1.82) is 5.26 Å². The Morgan fingerprint density at radius 3 is 2.05 bits per heavy atom. The summed E-state index contributed by atoms with van der Waals surface area (Å²) in [4.78, 5) is 2.44. The Bertz CT molecular complexity index is 392. The van der Waals surface area contributed by atoms with Crippen molar-refractivity contribution in [3.63, 3.8) is 0 Å². The second-order valence-electron chi connectivity index (χ2n) is 8.09. The summed E-state index contributed by atoms with van der Waals surface area (Å²) in [6, 6.07) is 2.57. The van der Waals surface area contributed by atoms with Gasteiger partial charge in [-0.25, -0.2) is 0 Å². The quantitative estimate of drug-likeness (QED) is 0.859. The predicted molar refractivity (Wildman–Crippen MR) is 78.7 cm³/mol. The van der Waals surface area contributed by atoms with E-state index in [1.807, 2.05) is 0 Å². The highest BCUT2D eigenvalue weighted by atomic mass is 15.2. The highest BCUT2D eigenvalue weighted by Crippen LogP contribution is 2.58. The third-order valence-corrected chi connectivity index (χ3v) is 6.71. The molecule has 4 aliphatic carbocycles. The first kappa shape index (κ1) is 13.1. The molecule has 20 heavy (non-hydrogen) atoms. The molecule has 110 valence electrons. The normalized spacial score (nSPS) is 46.3. The summed E-state index contributed by atoms with van der Waals surface area (Å²) >= 11 is 0. The van der Waals surface area contributed by atoms with Crippen molar-refractivity contribution in [3.8, 4) is 6.07 Å². The molecule has 5 aliphatic rings. The summed E-state index contributed by atoms with van der Waals surface area (Å²) in [5.41, 5.74) is 6.11. The molecule has 0 spiro atoms. The first-order valence-corrected chi connectivity index (χ1v) is 8.60. The molecule has 4 saturated carbocycles. The number of nitriles is 1. The fourth-order valence-electron chi connectivity index (χ4n) is 6.29. The molecule has 0 aromatic rings. The standard InChI is InChI=1S/C17H27N3/c18-10-17(19,11-20-3-1-2-4-20)16-14-6-12-5-13(8-14)9-15(16)7-12/h12-16H,1-9,11,19H2. The molecule has 1 saturated heterocycles. The summed E-state index contributed by atoms with van der Waals surface area (Å²) in [6.45, 7) is 3.11. The second-order valence-corrected chi connectivity index (χ2v) is 8.09. The fraction of sp³-hybridized carbons (Fsp3) is 0.941. The number of hydrogen-bond acceptors (Lipinski definition) is 3. The van der Waals surface area contributed by atoms with Crippen molar-refractivity contribution in [2.75, 3.05) is 19.6 Å². The maximum Gasteiger partial charge on any atom is 0.120 e. The van der Waals surface area contributed by atoms with E-state index in [1.165, 1.54) is 44.9 Å². The Hall–Kier alpha value is -0.590. The van der Waals surface area contributed by atoms with Crippen LogP contribution >= 0.6 is 0 Å². The van der Waals surface area contributed by atoms with Gasteiger partial charge < -0.3 is 10.6 Å². The molecule has 0 radical (unpaired) electrons. The summed E-state index contributed by atoms with van der Waals surface area (Å²) in [5.74, 6) is 3.89. The van der Waals surface area contributed by atoms with E-state index in [0.717, 1.165) is 43.3 Å². The van der Waals surface area contributed by atoms with E-state index in [-0.39, 0.29) is 0 Å². The smallest absolute Gasteiger partial charge is 0.120 e. The molecule has 1 aliphatic heterocycles. The van der Waals surface area contributed by atoms with Gasteiger partial charge in [0, 0.05) is 6.54 Å². The third-order valence-electron chi connectivity index (χ3n) is 6.71. The fourth-order valence-corrected chi connectivity index (χ4v) is 6.29. The first-order chi connectivity index (χ1) is 9.68. The molecule has 4 bridgehead atoms. The lowest BCUT2D eigenvalue weighted by Crippen LogP contribution is -2.62. The minimum Gasteiger partial charge on any atom is -0.312 e. The van der Waals surface area contributed by atoms with Crippen molar-refractivity contribution >= 4 is 0 Å². The number of nitrogens with zero attached hydrogens (tertiary/aromatic N) is 2. The average Bonchev–Trinajstić information content (AvgIpc) is 2.90. The van der Waals surface area contributed by atoms with Crippen LogP contribution in [0.4, 0.5) is 0 Å². The molecule has 0 aromatic carbocycles. The van der Waals surface area contributed by atoms with Gasteiger partial charge >= 0.3 is 0 Å². The zero-order chi connectivity index (χ0) is 13.7. The van der Waals surface area contributed by atoms with Crippen LogP contribution in [0.3, 0.4) is 0 Å². The van der Waals surface area contributed by atoms with Gasteiger partial charge in [0.2, 0.25) is 0 Å². The van der Waals surface area contributed by atoms with E-state index in [0.29, 0.717) is 5.92 Å². The minimum absolute atomic E-state index is 0.473. The largest absolute Gasteiger partial charge is 0.312 e. The lowest BCUT2D eigenvalue weighted by atomic mass is 9.48. The van der Waals surface area contributed by atoms with Gasteiger partial charge in [0.15, 0.2) is 0 Å². The minimum atomic E-state index is -0.590. The molecule has 3 heteroatoms. The Kier molecular flexibility index (Phi) is 3.09. The van der Waals surface area contributed by atoms with Gasteiger partial charge in [0.25, 0.3) is 0 Å². The van der Waals surface area contributed by atoms with Gasteiger partial charge in [-0.2, -0.15) is 5.26 Å². The van der Waals surface area contributed by atoms with Crippen molar-refractivity contribution in [1.82, 2.24) is 4.90 Å². The van der Waals surface area contributed by atoms with Crippen LogP contribution in [-0.2, 0) is 0 Å². The lowest BCUT2D eigenvalue weighted by molar-refractivity contribution is -0.0629. The molecule has 1 unspecified atom stereocenters. The molecule has 1 heterocycles. The zero-order valence-corrected chi connectivity index (χ0v) is 12.4. The molecule has 5 fully saturated rings. The number of likely N-dealkylation sites (tertiary alicyclic amines) is 1. The number of hydrogen-bond donors (Lipinski definition) is 1. The van der Waals surface area contributed by atoms with Crippen LogP contribution in [-0.4, -0.2) is 30.1 Å². The maximum atomic E-state index is 9.83. The average molecular weight is 273 g/mol. The van der Waals surface area contributed by atoms with Gasteiger partial charge in [-0.3, -0.25) is 0 Å².